The summed E-state index contributed by atoms with van der Waals surface area (Å²) in [5.74, 6) is -1.07. The molecule has 0 unspecified atom stereocenters. The van der Waals surface area contributed by atoms with E-state index >= 15 is 0 Å². The van der Waals surface area contributed by atoms with Crippen LogP contribution in [0, 0.1) is 0 Å². The van der Waals surface area contributed by atoms with Crippen LogP contribution in [0.3, 0.4) is 0 Å². The van der Waals surface area contributed by atoms with Crippen LogP contribution in [0.25, 0.3) is 12.2 Å². The summed E-state index contributed by atoms with van der Waals surface area (Å²) >= 11 is 0. The Morgan fingerprint density at radius 3 is 2.35 bits per heavy atom. The van der Waals surface area contributed by atoms with E-state index in [0.29, 0.717) is 11.3 Å². The largest absolute Gasteiger partial charge is 0.478 e. The number of rotatable bonds is 6. The predicted molar refractivity (Wildman–Crippen MR) is 91.1 cm³/mol. The Hall–Kier alpha value is -2.86. The molecule has 0 aliphatic heterocycles. The molecule has 23 heavy (non-hydrogen) atoms. The molecule has 0 heterocycles. The third kappa shape index (κ3) is 5.80. The van der Waals surface area contributed by atoms with Gasteiger partial charge in [0.1, 0.15) is 0 Å². The van der Waals surface area contributed by atoms with Gasteiger partial charge < -0.3 is 5.11 Å². The van der Waals surface area contributed by atoms with Gasteiger partial charge in [-0.25, -0.2) is 13.2 Å². The molecule has 5 nitrogen and oxygen atoms in total. The third-order valence-electron chi connectivity index (χ3n) is 2.80. The molecule has 0 saturated carbocycles. The summed E-state index contributed by atoms with van der Waals surface area (Å²) in [5.41, 5.74) is 1.71. The van der Waals surface area contributed by atoms with Crippen LogP contribution in [0.15, 0.2) is 66.1 Å². The number of aliphatic carboxylic acids is 1. The second-order valence-corrected chi connectivity index (χ2v) is 6.22. The summed E-state index contributed by atoms with van der Waals surface area (Å²) in [5, 5.41) is 9.69. The van der Waals surface area contributed by atoms with Gasteiger partial charge in [-0.2, -0.15) is 0 Å². The Bertz CT molecular complexity index is 840. The maximum atomic E-state index is 12.0. The van der Waals surface area contributed by atoms with E-state index in [1.807, 2.05) is 18.2 Å². The lowest BCUT2D eigenvalue weighted by Gasteiger charge is -2.05. The summed E-state index contributed by atoms with van der Waals surface area (Å²) in [4.78, 5) is 10.5. The molecule has 0 radical (unpaired) electrons. The molecule has 6 heteroatoms. The minimum absolute atomic E-state index is 0.357. The highest BCUT2D eigenvalue weighted by molar-refractivity contribution is 7.95. The Morgan fingerprint density at radius 1 is 0.957 bits per heavy atom. The second kappa shape index (κ2) is 7.42. The molecular formula is C17H15NO4S. The Morgan fingerprint density at radius 2 is 1.65 bits per heavy atom. The normalized spacial score (nSPS) is 11.8. The summed E-state index contributed by atoms with van der Waals surface area (Å²) in [6, 6.07) is 15.5. The van der Waals surface area contributed by atoms with Crippen molar-refractivity contribution < 1.29 is 18.3 Å². The fourth-order valence-corrected chi connectivity index (χ4v) is 2.66. The van der Waals surface area contributed by atoms with Crippen molar-refractivity contribution in [1.29, 1.82) is 0 Å². The van der Waals surface area contributed by atoms with Gasteiger partial charge in [-0.3, -0.25) is 4.72 Å². The average molecular weight is 329 g/mol. The van der Waals surface area contributed by atoms with Crippen LogP contribution in [0.5, 0.6) is 0 Å². The van der Waals surface area contributed by atoms with Gasteiger partial charge in [0.05, 0.1) is 5.41 Å². The lowest BCUT2D eigenvalue weighted by molar-refractivity contribution is -0.131. The van der Waals surface area contributed by atoms with Gasteiger partial charge in [-0.1, -0.05) is 42.5 Å². The zero-order chi connectivity index (χ0) is 16.7. The number of nitrogens with one attached hydrogen (secondary N) is 1. The van der Waals surface area contributed by atoms with Crippen LogP contribution >= 0.6 is 0 Å². The van der Waals surface area contributed by atoms with Crippen LogP contribution in [0.1, 0.15) is 11.1 Å². The Labute approximate surface area is 134 Å². The molecule has 0 aliphatic rings. The fourth-order valence-electron chi connectivity index (χ4n) is 1.80. The van der Waals surface area contributed by atoms with Gasteiger partial charge in [-0.05, 0) is 35.4 Å². The molecule has 0 aromatic heterocycles. The first-order chi connectivity index (χ1) is 10.9. The Kier molecular flexibility index (Phi) is 5.32. The monoisotopic (exact) mass is 329 g/mol. The minimum atomic E-state index is -3.65. The molecule has 0 aliphatic carbocycles. The average Bonchev–Trinajstić information content (AvgIpc) is 2.52. The molecule has 0 fully saturated rings. The van der Waals surface area contributed by atoms with Crippen LogP contribution in [-0.4, -0.2) is 19.5 Å². The smallest absolute Gasteiger partial charge is 0.328 e. The lowest BCUT2D eigenvalue weighted by Crippen LogP contribution is -2.08. The van der Waals surface area contributed by atoms with Crippen molar-refractivity contribution in [1.82, 2.24) is 0 Å². The molecule has 0 saturated heterocycles. The number of sulfonamides is 1. The van der Waals surface area contributed by atoms with E-state index in [1.54, 1.807) is 36.4 Å². The van der Waals surface area contributed by atoms with Crippen molar-refractivity contribution in [2.75, 3.05) is 4.72 Å². The first kappa shape index (κ1) is 16.5. The van der Waals surface area contributed by atoms with Gasteiger partial charge in [0.2, 0.25) is 0 Å². The standard InChI is InChI=1S/C17H15NO4S/c19-17(20)10-9-15-7-4-8-16(13-15)18-23(21,22)12-11-14-5-2-1-3-6-14/h1-13,18H,(H,19,20)/b10-9+,12-11+. The fraction of sp³-hybridized carbons (Fsp3) is 0. The summed E-state index contributed by atoms with van der Waals surface area (Å²) in [7, 11) is -3.65. The van der Waals surface area contributed by atoms with Gasteiger partial charge in [0, 0.05) is 11.8 Å². The van der Waals surface area contributed by atoms with Crippen molar-refractivity contribution in [3.63, 3.8) is 0 Å². The Balaban J connectivity index is 2.13. The molecule has 2 N–H and O–H groups in total. The van der Waals surface area contributed by atoms with E-state index in [4.69, 9.17) is 5.11 Å². The van der Waals surface area contributed by atoms with E-state index in [-0.39, 0.29) is 0 Å². The topological polar surface area (TPSA) is 83.5 Å². The van der Waals surface area contributed by atoms with E-state index in [1.165, 1.54) is 12.2 Å². The first-order valence-corrected chi connectivity index (χ1v) is 8.26. The number of benzene rings is 2. The van der Waals surface area contributed by atoms with Gasteiger partial charge in [-0.15, -0.1) is 0 Å². The summed E-state index contributed by atoms with van der Waals surface area (Å²) < 4.78 is 26.5. The van der Waals surface area contributed by atoms with Crippen LogP contribution < -0.4 is 4.72 Å². The molecule has 2 aromatic rings. The van der Waals surface area contributed by atoms with E-state index < -0.39 is 16.0 Å². The van der Waals surface area contributed by atoms with Crippen LogP contribution in [0.2, 0.25) is 0 Å². The predicted octanol–water partition coefficient (Wildman–Crippen LogP) is 3.20. The zero-order valence-corrected chi connectivity index (χ0v) is 12.9. The van der Waals surface area contributed by atoms with E-state index in [9.17, 15) is 13.2 Å². The maximum Gasteiger partial charge on any atom is 0.328 e. The van der Waals surface area contributed by atoms with E-state index in [0.717, 1.165) is 17.0 Å². The highest BCUT2D eigenvalue weighted by Crippen LogP contribution is 2.14. The highest BCUT2D eigenvalue weighted by Gasteiger charge is 2.05. The molecule has 2 aromatic carbocycles. The maximum absolute atomic E-state index is 12.0. The van der Waals surface area contributed by atoms with Crippen LogP contribution in [0.4, 0.5) is 5.69 Å². The van der Waals surface area contributed by atoms with Gasteiger partial charge in [0.25, 0.3) is 10.0 Å². The van der Waals surface area contributed by atoms with Crippen LogP contribution in [-0.2, 0) is 14.8 Å². The second-order valence-electron chi connectivity index (χ2n) is 4.66. The molecule has 0 bridgehead atoms. The summed E-state index contributed by atoms with van der Waals surface area (Å²) in [6.45, 7) is 0. The molecule has 0 spiro atoms. The molecule has 0 atom stereocenters. The van der Waals surface area contributed by atoms with Crippen molar-refractivity contribution in [3.8, 4) is 0 Å². The zero-order valence-electron chi connectivity index (χ0n) is 12.1. The van der Waals surface area contributed by atoms with Crippen molar-refractivity contribution >= 4 is 33.8 Å². The molecule has 2 rings (SSSR count). The lowest BCUT2D eigenvalue weighted by atomic mass is 10.2. The number of carboxylic acid groups (broad SMARTS) is 1. The molecule has 118 valence electrons. The summed E-state index contributed by atoms with van der Waals surface area (Å²) in [6.07, 6.45) is 3.87. The number of anilines is 1. The van der Waals surface area contributed by atoms with Gasteiger partial charge in [0.15, 0.2) is 0 Å². The number of hydrogen-bond donors (Lipinski definition) is 2. The number of carbonyl (C=O) groups is 1. The third-order valence-corrected chi connectivity index (χ3v) is 3.82. The number of hydrogen-bond acceptors (Lipinski definition) is 3. The van der Waals surface area contributed by atoms with E-state index in [2.05, 4.69) is 4.72 Å². The highest BCUT2D eigenvalue weighted by atomic mass is 32.2. The van der Waals surface area contributed by atoms with Crippen molar-refractivity contribution in [3.05, 3.63) is 77.2 Å². The quantitative estimate of drug-likeness (QED) is 0.797. The van der Waals surface area contributed by atoms with Gasteiger partial charge >= 0.3 is 5.97 Å². The molecule has 0 amide bonds. The number of carboxylic acids is 1. The van der Waals surface area contributed by atoms with Crippen molar-refractivity contribution in [2.24, 2.45) is 0 Å². The SMILES string of the molecule is O=C(O)/C=C/c1cccc(NS(=O)(=O)/C=C/c2ccccc2)c1. The minimum Gasteiger partial charge on any atom is -0.478 e. The van der Waals surface area contributed by atoms with Crippen molar-refractivity contribution in [2.45, 2.75) is 0 Å². The molecular weight excluding hydrogens is 314 g/mol. The first-order valence-electron chi connectivity index (χ1n) is 6.72.